The lowest BCUT2D eigenvalue weighted by molar-refractivity contribution is 0.128. The van der Waals surface area contributed by atoms with Gasteiger partial charge in [0.05, 0.1) is 0 Å². The minimum atomic E-state index is -0.276. The quantitative estimate of drug-likeness (QED) is 0.496. The number of urea groups is 1. The van der Waals surface area contributed by atoms with Gasteiger partial charge in [0, 0.05) is 13.1 Å². The molecule has 2 amide bonds. The summed E-state index contributed by atoms with van der Waals surface area (Å²) in [5.41, 5.74) is 1.92. The van der Waals surface area contributed by atoms with Crippen molar-refractivity contribution in [3.63, 3.8) is 0 Å². The van der Waals surface area contributed by atoms with E-state index in [1.807, 2.05) is 5.48 Å². The molecule has 3 N–H and O–H groups in total. The number of unbranched alkanes of at least 4 members (excludes halogenated alkanes) is 2. The zero-order valence-electron chi connectivity index (χ0n) is 8.60. The first-order valence-corrected chi connectivity index (χ1v) is 4.97. The Morgan fingerprint density at radius 1 is 1.23 bits per heavy atom. The second-order valence-corrected chi connectivity index (χ2v) is 3.12. The third-order valence-corrected chi connectivity index (χ3v) is 1.96. The van der Waals surface area contributed by atoms with E-state index in [-0.39, 0.29) is 6.03 Å². The van der Waals surface area contributed by atoms with Crippen molar-refractivity contribution in [2.75, 3.05) is 13.1 Å². The summed E-state index contributed by atoms with van der Waals surface area (Å²) in [5, 5.41) is 6.77. The molecule has 0 unspecified atom stereocenters. The normalized spacial score (nSPS) is 9.77. The first-order chi connectivity index (χ1) is 6.26. The molecule has 0 radical (unpaired) electrons. The molecule has 0 aliphatic carbocycles. The highest BCUT2D eigenvalue weighted by Crippen LogP contribution is 1.99. The molecule has 0 fully saturated rings. The Bertz CT molecular complexity index is 132. The van der Waals surface area contributed by atoms with E-state index in [1.54, 1.807) is 4.90 Å². The molecule has 0 spiro atoms. The van der Waals surface area contributed by atoms with E-state index in [9.17, 15) is 4.79 Å². The maximum absolute atomic E-state index is 11.2. The number of rotatable bonds is 6. The molecular weight excluding hydrogens is 168 g/mol. The minimum Gasteiger partial charge on any atom is -0.320 e. The van der Waals surface area contributed by atoms with Crippen LogP contribution >= 0.6 is 0 Å². The Morgan fingerprint density at radius 3 is 2.00 bits per heavy atom. The monoisotopic (exact) mass is 189 g/mol. The number of amides is 2. The van der Waals surface area contributed by atoms with Gasteiger partial charge >= 0.3 is 6.03 Å². The molecule has 0 aliphatic rings. The van der Waals surface area contributed by atoms with Crippen molar-refractivity contribution >= 4 is 6.03 Å². The average molecular weight is 189 g/mol. The summed E-state index contributed by atoms with van der Waals surface area (Å²) in [6, 6.07) is -0.276. The van der Waals surface area contributed by atoms with E-state index in [0.717, 1.165) is 38.8 Å². The first-order valence-electron chi connectivity index (χ1n) is 4.97. The average Bonchev–Trinajstić information content (AvgIpc) is 2.17. The van der Waals surface area contributed by atoms with Crippen LogP contribution in [0.25, 0.3) is 0 Å². The lowest BCUT2D eigenvalue weighted by Crippen LogP contribution is -2.39. The number of hydrogen-bond acceptors (Lipinski definition) is 1. The summed E-state index contributed by atoms with van der Waals surface area (Å²) >= 11 is 0. The van der Waals surface area contributed by atoms with Gasteiger partial charge in [-0.15, -0.1) is 5.48 Å². The van der Waals surface area contributed by atoms with Crippen LogP contribution in [-0.4, -0.2) is 29.2 Å². The van der Waals surface area contributed by atoms with Gasteiger partial charge in [-0.2, -0.15) is 0 Å². The second kappa shape index (κ2) is 7.86. The van der Waals surface area contributed by atoms with Gasteiger partial charge in [0.2, 0.25) is 0 Å². The third kappa shape index (κ3) is 5.47. The number of nitrogens with one attached hydrogen (secondary N) is 1. The second-order valence-electron chi connectivity index (χ2n) is 3.12. The fourth-order valence-electron chi connectivity index (χ4n) is 1.09. The van der Waals surface area contributed by atoms with Crippen molar-refractivity contribution in [3.05, 3.63) is 0 Å². The van der Waals surface area contributed by atoms with Crippen LogP contribution in [0.2, 0.25) is 0 Å². The molecule has 0 bridgehead atoms. The van der Waals surface area contributed by atoms with Gasteiger partial charge in [-0.3, -0.25) is 0 Å². The number of nitrogens with zero attached hydrogens (tertiary/aromatic N) is 1. The SMILES string of the molecule is CCCCN(CCCC)C(=O)N[OH2+]. The van der Waals surface area contributed by atoms with Crippen molar-refractivity contribution in [2.45, 2.75) is 39.5 Å². The third-order valence-electron chi connectivity index (χ3n) is 1.96. The van der Waals surface area contributed by atoms with E-state index in [4.69, 9.17) is 5.21 Å². The molecule has 0 saturated heterocycles. The van der Waals surface area contributed by atoms with Crippen LogP contribution in [0.15, 0.2) is 0 Å². The number of carbonyl (C=O) groups excluding carboxylic acids is 1. The van der Waals surface area contributed by atoms with Crippen molar-refractivity contribution in [1.82, 2.24) is 10.4 Å². The molecule has 78 valence electrons. The summed E-state index contributed by atoms with van der Waals surface area (Å²) < 4.78 is 0. The van der Waals surface area contributed by atoms with Gasteiger partial charge in [0.25, 0.3) is 0 Å². The number of hydrogen-bond donors (Lipinski definition) is 1. The van der Waals surface area contributed by atoms with Crippen LogP contribution in [0.3, 0.4) is 0 Å². The molecule has 0 rings (SSSR count). The summed E-state index contributed by atoms with van der Waals surface area (Å²) in [7, 11) is 0. The van der Waals surface area contributed by atoms with Crippen LogP contribution in [-0.2, 0) is 0 Å². The van der Waals surface area contributed by atoms with Gasteiger partial charge in [-0.25, -0.2) is 4.79 Å². The Balaban J connectivity index is 3.79. The molecular formula is C9H21N2O2+. The Hall–Kier alpha value is -0.770. The molecule has 0 saturated carbocycles. The summed E-state index contributed by atoms with van der Waals surface area (Å²) in [5.74, 6) is 0. The molecule has 0 aromatic rings. The predicted octanol–water partition coefficient (Wildman–Crippen LogP) is 1.24. The zero-order valence-corrected chi connectivity index (χ0v) is 8.60. The highest BCUT2D eigenvalue weighted by molar-refractivity contribution is 5.72. The lowest BCUT2D eigenvalue weighted by atomic mass is 10.3. The molecule has 0 atom stereocenters. The van der Waals surface area contributed by atoms with Crippen molar-refractivity contribution in [3.8, 4) is 0 Å². The molecule has 4 nitrogen and oxygen atoms in total. The zero-order chi connectivity index (χ0) is 10.1. The topological polar surface area (TPSA) is 55.2 Å². The van der Waals surface area contributed by atoms with Gasteiger partial charge in [0.1, 0.15) is 0 Å². The molecule has 0 aromatic heterocycles. The van der Waals surface area contributed by atoms with Gasteiger partial charge in [-0.05, 0) is 12.8 Å². The fourth-order valence-corrected chi connectivity index (χ4v) is 1.09. The Kier molecular flexibility index (Phi) is 7.39. The van der Waals surface area contributed by atoms with Crippen molar-refractivity contribution in [1.29, 1.82) is 0 Å². The largest absolute Gasteiger partial charge is 0.379 e. The van der Waals surface area contributed by atoms with Crippen LogP contribution in [0.1, 0.15) is 39.5 Å². The molecule has 0 heterocycles. The van der Waals surface area contributed by atoms with E-state index >= 15 is 0 Å². The Labute approximate surface area is 79.9 Å². The molecule has 13 heavy (non-hydrogen) atoms. The summed E-state index contributed by atoms with van der Waals surface area (Å²) in [4.78, 5) is 12.9. The van der Waals surface area contributed by atoms with E-state index in [1.165, 1.54) is 0 Å². The molecule has 4 heteroatoms. The van der Waals surface area contributed by atoms with Crippen molar-refractivity contribution < 1.29 is 10.0 Å². The van der Waals surface area contributed by atoms with E-state index in [0.29, 0.717) is 0 Å². The molecule has 0 aliphatic heterocycles. The van der Waals surface area contributed by atoms with Crippen LogP contribution in [0.4, 0.5) is 4.79 Å². The maximum atomic E-state index is 11.2. The maximum Gasteiger partial charge on any atom is 0.379 e. The summed E-state index contributed by atoms with van der Waals surface area (Å²) in [6.45, 7) is 5.72. The highest BCUT2D eigenvalue weighted by Gasteiger charge is 2.11. The van der Waals surface area contributed by atoms with Gasteiger partial charge < -0.3 is 10.1 Å². The fraction of sp³-hybridized carbons (Fsp3) is 0.889. The van der Waals surface area contributed by atoms with E-state index < -0.39 is 0 Å². The van der Waals surface area contributed by atoms with Crippen LogP contribution < -0.4 is 5.48 Å². The van der Waals surface area contributed by atoms with Crippen LogP contribution in [0, 0.1) is 0 Å². The summed E-state index contributed by atoms with van der Waals surface area (Å²) in [6.07, 6.45) is 4.18. The smallest absolute Gasteiger partial charge is 0.320 e. The number of hydroxylamine groups is 1. The van der Waals surface area contributed by atoms with E-state index in [2.05, 4.69) is 13.8 Å². The van der Waals surface area contributed by atoms with Crippen LogP contribution in [0.5, 0.6) is 0 Å². The highest BCUT2D eigenvalue weighted by atomic mass is 16.5. The van der Waals surface area contributed by atoms with Crippen molar-refractivity contribution in [2.24, 2.45) is 0 Å². The molecule has 0 aromatic carbocycles. The number of carbonyl (C=O) groups is 1. The standard InChI is InChI=1S/C9H20N2O2/c1-3-5-7-11(8-6-4-2)9(12)10-13/h13H,3-8H2,1-2H3,(H,10,12)/p+1. The minimum absolute atomic E-state index is 0.276. The van der Waals surface area contributed by atoms with Gasteiger partial charge in [0.15, 0.2) is 0 Å². The van der Waals surface area contributed by atoms with Gasteiger partial charge in [-0.1, -0.05) is 26.7 Å². The predicted molar refractivity (Wildman–Crippen MR) is 53.5 cm³/mol. The Morgan fingerprint density at radius 2 is 1.69 bits per heavy atom. The lowest BCUT2D eigenvalue weighted by Gasteiger charge is -2.19. The first kappa shape index (κ1) is 12.2.